The van der Waals surface area contributed by atoms with Gasteiger partial charge in [-0.3, -0.25) is 4.79 Å². The minimum atomic E-state index is -3.05. The third-order valence-electron chi connectivity index (χ3n) is 3.86. The summed E-state index contributed by atoms with van der Waals surface area (Å²) in [5.41, 5.74) is 0.979. The van der Waals surface area contributed by atoms with Crippen molar-refractivity contribution >= 4 is 26.8 Å². The number of imidazole rings is 1. The van der Waals surface area contributed by atoms with Crippen LogP contribution in [0.2, 0.25) is 0 Å². The van der Waals surface area contributed by atoms with Crippen molar-refractivity contribution in [2.75, 3.05) is 18.6 Å². The molecule has 2 heterocycles. The van der Waals surface area contributed by atoms with Crippen LogP contribution in [0.5, 0.6) is 0 Å². The highest BCUT2D eigenvalue weighted by atomic mass is 32.2. The Balaban J connectivity index is 1.95. The van der Waals surface area contributed by atoms with E-state index >= 15 is 0 Å². The van der Waals surface area contributed by atoms with Gasteiger partial charge in [-0.05, 0) is 18.6 Å². The Labute approximate surface area is 120 Å². The number of benzene rings is 1. The molecule has 0 saturated carbocycles. The van der Waals surface area contributed by atoms with Crippen LogP contribution in [-0.4, -0.2) is 53.8 Å². The predicted molar refractivity (Wildman–Crippen MR) is 78.1 cm³/mol. The average molecular weight is 309 g/mol. The molecular weight excluding hydrogens is 294 g/mol. The fraction of sp³-hybridized carbons (Fsp3) is 0.385. The highest BCUT2D eigenvalue weighted by Gasteiger charge is 2.33. The molecule has 1 amide bonds. The normalized spacial score (nSPS) is 20.7. The highest BCUT2D eigenvalue weighted by molar-refractivity contribution is 7.91. The number of H-pyrrole nitrogens is 2. The summed E-state index contributed by atoms with van der Waals surface area (Å²) in [7, 11) is -1.46. The van der Waals surface area contributed by atoms with E-state index in [4.69, 9.17) is 0 Å². The van der Waals surface area contributed by atoms with Crippen LogP contribution in [0.3, 0.4) is 0 Å². The summed E-state index contributed by atoms with van der Waals surface area (Å²) in [6, 6.07) is 4.68. The molecule has 1 unspecified atom stereocenters. The van der Waals surface area contributed by atoms with Crippen LogP contribution in [0, 0.1) is 0 Å². The van der Waals surface area contributed by atoms with E-state index < -0.39 is 9.84 Å². The Hall–Kier alpha value is -2.09. The zero-order valence-corrected chi connectivity index (χ0v) is 12.2. The van der Waals surface area contributed by atoms with Crippen LogP contribution in [0.1, 0.15) is 16.8 Å². The molecule has 2 N–H and O–H groups in total. The van der Waals surface area contributed by atoms with Gasteiger partial charge in [0.15, 0.2) is 9.84 Å². The molecule has 1 atom stereocenters. The number of amides is 1. The molecular formula is C13H15N3O4S. The second-order valence-electron chi connectivity index (χ2n) is 5.28. The van der Waals surface area contributed by atoms with E-state index in [-0.39, 0.29) is 29.1 Å². The number of carbonyl (C=O) groups excluding carboxylic acids is 1. The van der Waals surface area contributed by atoms with Crippen LogP contribution >= 0.6 is 0 Å². The van der Waals surface area contributed by atoms with Gasteiger partial charge in [-0.1, -0.05) is 6.07 Å². The molecule has 0 aliphatic carbocycles. The number of aromatic amines is 2. The predicted octanol–water partition coefficient (Wildman–Crippen LogP) is 0.115. The Morgan fingerprint density at radius 3 is 2.76 bits per heavy atom. The van der Waals surface area contributed by atoms with Crippen molar-refractivity contribution in [3.63, 3.8) is 0 Å². The first-order valence-corrected chi connectivity index (χ1v) is 8.38. The van der Waals surface area contributed by atoms with E-state index in [0.29, 0.717) is 23.0 Å². The monoisotopic (exact) mass is 309 g/mol. The largest absolute Gasteiger partial charge is 0.338 e. The summed E-state index contributed by atoms with van der Waals surface area (Å²) in [6.07, 6.45) is 0.449. The Morgan fingerprint density at radius 1 is 1.33 bits per heavy atom. The van der Waals surface area contributed by atoms with Gasteiger partial charge in [-0.2, -0.15) is 0 Å². The van der Waals surface area contributed by atoms with Crippen molar-refractivity contribution in [2.24, 2.45) is 0 Å². The van der Waals surface area contributed by atoms with E-state index in [1.165, 1.54) is 4.90 Å². The van der Waals surface area contributed by atoms with Gasteiger partial charge in [0, 0.05) is 13.1 Å². The number of rotatable bonds is 2. The number of nitrogens with one attached hydrogen (secondary N) is 2. The van der Waals surface area contributed by atoms with E-state index in [1.54, 1.807) is 25.2 Å². The molecule has 1 aromatic heterocycles. The average Bonchev–Trinajstić information content (AvgIpc) is 2.98. The van der Waals surface area contributed by atoms with Gasteiger partial charge < -0.3 is 14.9 Å². The van der Waals surface area contributed by atoms with E-state index in [2.05, 4.69) is 9.97 Å². The molecule has 8 heteroatoms. The molecule has 21 heavy (non-hydrogen) atoms. The molecule has 0 radical (unpaired) electrons. The van der Waals surface area contributed by atoms with E-state index in [1.807, 2.05) is 0 Å². The van der Waals surface area contributed by atoms with Gasteiger partial charge in [0.05, 0.1) is 28.1 Å². The molecule has 1 aromatic carbocycles. The SMILES string of the molecule is CN(C(=O)c1cccc2[nH]c(=O)[nH]c12)C1CCS(=O)(=O)C1. The van der Waals surface area contributed by atoms with Crippen molar-refractivity contribution < 1.29 is 13.2 Å². The smallest absolute Gasteiger partial charge is 0.323 e. The Bertz CT molecular complexity index is 865. The van der Waals surface area contributed by atoms with Crippen molar-refractivity contribution in [2.45, 2.75) is 12.5 Å². The van der Waals surface area contributed by atoms with Crippen molar-refractivity contribution in [1.82, 2.24) is 14.9 Å². The lowest BCUT2D eigenvalue weighted by Crippen LogP contribution is -2.37. The van der Waals surface area contributed by atoms with Crippen LogP contribution in [0.4, 0.5) is 0 Å². The van der Waals surface area contributed by atoms with Gasteiger partial charge in [0.25, 0.3) is 5.91 Å². The molecule has 1 fully saturated rings. The third kappa shape index (κ3) is 2.46. The molecule has 1 aliphatic rings. The molecule has 0 bridgehead atoms. The van der Waals surface area contributed by atoms with E-state index in [0.717, 1.165) is 0 Å². The maximum absolute atomic E-state index is 12.6. The number of para-hydroxylation sites is 1. The topological polar surface area (TPSA) is 103 Å². The minimum Gasteiger partial charge on any atom is -0.338 e. The maximum atomic E-state index is 12.6. The summed E-state index contributed by atoms with van der Waals surface area (Å²) in [4.78, 5) is 30.6. The standard InChI is InChI=1S/C13H15N3O4S/c1-16(8-5-6-21(19,20)7-8)12(17)9-3-2-4-10-11(9)15-13(18)14-10/h2-4,8H,5-7H2,1H3,(H2,14,15,18). The molecule has 112 valence electrons. The Kier molecular flexibility index (Phi) is 3.12. The quantitative estimate of drug-likeness (QED) is 0.822. The summed E-state index contributed by atoms with van der Waals surface area (Å²) in [6.45, 7) is 0. The minimum absolute atomic E-state index is 0.00509. The summed E-state index contributed by atoms with van der Waals surface area (Å²) in [5, 5.41) is 0. The lowest BCUT2D eigenvalue weighted by Gasteiger charge is -2.23. The summed E-state index contributed by atoms with van der Waals surface area (Å²) >= 11 is 0. The van der Waals surface area contributed by atoms with Crippen LogP contribution in [-0.2, 0) is 9.84 Å². The van der Waals surface area contributed by atoms with Gasteiger partial charge in [-0.15, -0.1) is 0 Å². The van der Waals surface area contributed by atoms with Gasteiger partial charge >= 0.3 is 5.69 Å². The molecule has 2 aromatic rings. The van der Waals surface area contributed by atoms with Crippen LogP contribution in [0.15, 0.2) is 23.0 Å². The molecule has 7 nitrogen and oxygen atoms in total. The van der Waals surface area contributed by atoms with Crippen molar-refractivity contribution in [1.29, 1.82) is 0 Å². The first kappa shape index (κ1) is 13.9. The van der Waals surface area contributed by atoms with Crippen LogP contribution in [0.25, 0.3) is 11.0 Å². The van der Waals surface area contributed by atoms with Crippen molar-refractivity contribution in [3.8, 4) is 0 Å². The van der Waals surface area contributed by atoms with Gasteiger partial charge in [-0.25, -0.2) is 13.2 Å². The number of carbonyl (C=O) groups is 1. The lowest BCUT2D eigenvalue weighted by atomic mass is 10.1. The van der Waals surface area contributed by atoms with Gasteiger partial charge in [0.2, 0.25) is 0 Å². The summed E-state index contributed by atoms with van der Waals surface area (Å²) < 4.78 is 23.1. The number of hydrogen-bond donors (Lipinski definition) is 2. The Morgan fingerprint density at radius 2 is 2.10 bits per heavy atom. The number of sulfone groups is 1. The third-order valence-corrected chi connectivity index (χ3v) is 5.61. The zero-order valence-electron chi connectivity index (χ0n) is 11.4. The van der Waals surface area contributed by atoms with E-state index in [9.17, 15) is 18.0 Å². The first-order valence-electron chi connectivity index (χ1n) is 6.56. The molecule has 0 spiro atoms. The number of hydrogen-bond acceptors (Lipinski definition) is 4. The number of aromatic nitrogens is 2. The lowest BCUT2D eigenvalue weighted by molar-refractivity contribution is 0.0749. The van der Waals surface area contributed by atoms with Crippen molar-refractivity contribution in [3.05, 3.63) is 34.2 Å². The number of nitrogens with zero attached hydrogens (tertiary/aromatic N) is 1. The molecule has 3 rings (SSSR count). The molecule has 1 saturated heterocycles. The number of fused-ring (bicyclic) bond motifs is 1. The second-order valence-corrected chi connectivity index (χ2v) is 7.51. The zero-order chi connectivity index (χ0) is 15.2. The summed E-state index contributed by atoms with van der Waals surface area (Å²) in [5.74, 6) is -0.187. The highest BCUT2D eigenvalue weighted by Crippen LogP contribution is 2.21. The second kappa shape index (κ2) is 4.73. The van der Waals surface area contributed by atoms with Gasteiger partial charge in [0.1, 0.15) is 0 Å². The first-order chi connectivity index (χ1) is 9.87. The maximum Gasteiger partial charge on any atom is 0.323 e. The molecule has 1 aliphatic heterocycles. The fourth-order valence-corrected chi connectivity index (χ4v) is 4.45. The fourth-order valence-electron chi connectivity index (χ4n) is 2.67. The van der Waals surface area contributed by atoms with Crippen LogP contribution < -0.4 is 5.69 Å².